The zero-order valence-corrected chi connectivity index (χ0v) is 8.34. The van der Waals surface area contributed by atoms with Gasteiger partial charge in [0.15, 0.2) is 6.17 Å². The molecule has 16 heavy (non-hydrogen) atoms. The zero-order valence-electron chi connectivity index (χ0n) is 8.34. The first-order chi connectivity index (χ1) is 7.63. The normalized spacial score (nSPS) is 34.2. The minimum atomic E-state index is -1.61. The topological polar surface area (TPSA) is 82.6 Å². The van der Waals surface area contributed by atoms with Gasteiger partial charge in [-0.3, -0.25) is 4.79 Å². The summed E-state index contributed by atoms with van der Waals surface area (Å²) in [7, 11) is 0. The zero-order chi connectivity index (χ0) is 11.7. The van der Waals surface area contributed by atoms with Crippen LogP contribution in [0, 0.1) is 0 Å². The van der Waals surface area contributed by atoms with E-state index in [1.54, 1.807) is 0 Å². The highest BCUT2D eigenvalue weighted by Gasteiger charge is 2.44. The number of rotatable bonds is 2. The Balaban J connectivity index is 2.22. The van der Waals surface area contributed by atoms with Crippen LogP contribution in [0.25, 0.3) is 0 Å². The highest BCUT2D eigenvalue weighted by molar-refractivity contribution is 5.16. The van der Waals surface area contributed by atoms with E-state index >= 15 is 0 Å². The first-order valence-electron chi connectivity index (χ1n) is 4.90. The molecule has 0 radical (unpaired) electrons. The fraction of sp³-hybridized carbons (Fsp3) is 0.500. The minimum Gasteiger partial charge on any atom is -0.394 e. The molecule has 1 saturated heterocycles. The molecule has 1 fully saturated rings. The summed E-state index contributed by atoms with van der Waals surface area (Å²) in [6, 6.07) is 2.69. The molecule has 1 aromatic rings. The second kappa shape index (κ2) is 4.32. The number of aromatic amines is 1. The summed E-state index contributed by atoms with van der Waals surface area (Å²) in [4.78, 5) is 13.2. The van der Waals surface area contributed by atoms with Gasteiger partial charge in [0.05, 0.1) is 6.61 Å². The molecule has 5 nitrogen and oxygen atoms in total. The molecule has 0 saturated carbocycles. The summed E-state index contributed by atoms with van der Waals surface area (Å²) >= 11 is 0. The van der Waals surface area contributed by atoms with E-state index in [2.05, 4.69) is 4.98 Å². The third kappa shape index (κ3) is 1.87. The highest BCUT2D eigenvalue weighted by atomic mass is 19.1. The molecule has 0 bridgehead atoms. The molecule has 6 heteroatoms. The number of aromatic nitrogens is 1. The Morgan fingerprint density at radius 2 is 2.25 bits per heavy atom. The van der Waals surface area contributed by atoms with E-state index < -0.39 is 31.1 Å². The molecule has 0 spiro atoms. The van der Waals surface area contributed by atoms with Crippen molar-refractivity contribution in [3.63, 3.8) is 0 Å². The molecule has 4 atom stereocenters. The second-order valence-corrected chi connectivity index (χ2v) is 3.70. The predicted molar refractivity (Wildman–Crippen MR) is 52.7 cm³/mol. The molecule has 1 unspecified atom stereocenters. The van der Waals surface area contributed by atoms with Crippen LogP contribution in [0.1, 0.15) is 11.7 Å². The lowest BCUT2D eigenvalue weighted by molar-refractivity contribution is -0.0227. The fourth-order valence-electron chi connectivity index (χ4n) is 1.74. The van der Waals surface area contributed by atoms with Crippen LogP contribution in [0.5, 0.6) is 0 Å². The van der Waals surface area contributed by atoms with Gasteiger partial charge in [0.25, 0.3) is 0 Å². The van der Waals surface area contributed by atoms with Gasteiger partial charge in [-0.1, -0.05) is 0 Å². The Labute approximate surface area is 90.5 Å². The van der Waals surface area contributed by atoms with Crippen LogP contribution in [-0.2, 0) is 4.74 Å². The van der Waals surface area contributed by atoms with Crippen molar-refractivity contribution < 1.29 is 19.3 Å². The molecule has 88 valence electrons. The molecule has 1 aromatic heterocycles. The van der Waals surface area contributed by atoms with Gasteiger partial charge in [0.1, 0.15) is 18.3 Å². The Hall–Kier alpha value is -1.24. The summed E-state index contributed by atoms with van der Waals surface area (Å²) in [5, 5.41) is 18.3. The van der Waals surface area contributed by atoms with Crippen LogP contribution >= 0.6 is 0 Å². The quantitative estimate of drug-likeness (QED) is 0.639. The van der Waals surface area contributed by atoms with E-state index in [1.165, 1.54) is 18.3 Å². The molecule has 3 N–H and O–H groups in total. The molecular weight excluding hydrogens is 217 g/mol. The summed E-state index contributed by atoms with van der Waals surface area (Å²) < 4.78 is 18.8. The van der Waals surface area contributed by atoms with Crippen molar-refractivity contribution in [2.75, 3.05) is 6.61 Å². The number of ether oxygens (including phenoxy) is 1. The largest absolute Gasteiger partial charge is 0.394 e. The molecule has 0 amide bonds. The van der Waals surface area contributed by atoms with Crippen molar-refractivity contribution in [1.82, 2.24) is 4.98 Å². The van der Waals surface area contributed by atoms with E-state index in [4.69, 9.17) is 9.84 Å². The maximum Gasteiger partial charge on any atom is 0.247 e. The van der Waals surface area contributed by atoms with Crippen molar-refractivity contribution in [3.05, 3.63) is 34.2 Å². The molecule has 2 rings (SSSR count). The standard InChI is InChI=1S/C10H12FNO4/c11-8-9(15)6(4-13)16-10(8)5-1-2-7(14)12-3-5/h1-3,6,8-10,13,15H,4H2,(H,12,14)/t6-,8+,9?,10+/m1/s1. The number of hydrogen-bond acceptors (Lipinski definition) is 4. The van der Waals surface area contributed by atoms with Crippen molar-refractivity contribution >= 4 is 0 Å². The summed E-state index contributed by atoms with van der Waals surface area (Å²) in [6.07, 6.45) is -3.49. The third-order valence-electron chi connectivity index (χ3n) is 2.63. The predicted octanol–water partition coefficient (Wildman–Crippen LogP) is -0.494. The van der Waals surface area contributed by atoms with E-state index in [-0.39, 0.29) is 5.56 Å². The van der Waals surface area contributed by atoms with E-state index in [0.29, 0.717) is 5.56 Å². The van der Waals surface area contributed by atoms with Crippen LogP contribution in [0.2, 0.25) is 0 Å². The molecule has 2 heterocycles. The summed E-state index contributed by atoms with van der Waals surface area (Å²) in [5.41, 5.74) is 0.138. The SMILES string of the molecule is O=c1ccc([C@@H]2O[C@H](CO)C(O)[C@@H]2F)c[nH]1. The Kier molecular flexibility index (Phi) is 3.04. The number of nitrogens with one attached hydrogen (secondary N) is 1. The summed E-state index contributed by atoms with van der Waals surface area (Å²) in [5.74, 6) is 0. The molecule has 1 aliphatic heterocycles. The van der Waals surface area contributed by atoms with Gasteiger partial charge in [0, 0.05) is 17.8 Å². The van der Waals surface area contributed by atoms with Gasteiger partial charge in [0.2, 0.25) is 5.56 Å². The molecule has 0 aliphatic carbocycles. The average molecular weight is 229 g/mol. The van der Waals surface area contributed by atoms with Gasteiger partial charge < -0.3 is 19.9 Å². The Morgan fingerprint density at radius 1 is 1.50 bits per heavy atom. The first kappa shape index (κ1) is 11.3. The van der Waals surface area contributed by atoms with Crippen molar-refractivity contribution in [2.45, 2.75) is 24.5 Å². The lowest BCUT2D eigenvalue weighted by Gasteiger charge is -2.12. The van der Waals surface area contributed by atoms with Crippen LogP contribution in [0.3, 0.4) is 0 Å². The second-order valence-electron chi connectivity index (χ2n) is 3.70. The number of alkyl halides is 1. The Bertz CT molecular complexity index is 401. The molecule has 0 aromatic carbocycles. The van der Waals surface area contributed by atoms with Crippen LogP contribution in [0.4, 0.5) is 4.39 Å². The van der Waals surface area contributed by atoms with Crippen molar-refractivity contribution in [1.29, 1.82) is 0 Å². The van der Waals surface area contributed by atoms with Crippen molar-refractivity contribution in [3.8, 4) is 0 Å². The van der Waals surface area contributed by atoms with E-state index in [9.17, 15) is 14.3 Å². The van der Waals surface area contributed by atoms with Crippen LogP contribution in [0.15, 0.2) is 23.1 Å². The average Bonchev–Trinajstić information content (AvgIpc) is 2.57. The fourth-order valence-corrected chi connectivity index (χ4v) is 1.74. The maximum absolute atomic E-state index is 13.6. The highest BCUT2D eigenvalue weighted by Crippen LogP contribution is 2.34. The smallest absolute Gasteiger partial charge is 0.247 e. The summed E-state index contributed by atoms with van der Waals surface area (Å²) in [6.45, 7) is -0.443. The van der Waals surface area contributed by atoms with Crippen LogP contribution in [-0.4, -0.2) is 40.2 Å². The van der Waals surface area contributed by atoms with Crippen LogP contribution < -0.4 is 5.56 Å². The third-order valence-corrected chi connectivity index (χ3v) is 2.63. The minimum absolute atomic E-state index is 0.295. The molecular formula is C10H12FNO4. The van der Waals surface area contributed by atoms with E-state index in [1.807, 2.05) is 0 Å². The van der Waals surface area contributed by atoms with Crippen molar-refractivity contribution in [2.24, 2.45) is 0 Å². The van der Waals surface area contributed by atoms with Gasteiger partial charge in [-0.15, -0.1) is 0 Å². The van der Waals surface area contributed by atoms with Gasteiger partial charge >= 0.3 is 0 Å². The monoisotopic (exact) mass is 229 g/mol. The van der Waals surface area contributed by atoms with E-state index in [0.717, 1.165) is 0 Å². The number of aliphatic hydroxyl groups excluding tert-OH is 2. The van der Waals surface area contributed by atoms with Gasteiger partial charge in [-0.25, -0.2) is 4.39 Å². The Morgan fingerprint density at radius 3 is 2.75 bits per heavy atom. The number of halogens is 1. The number of H-pyrrole nitrogens is 1. The van der Waals surface area contributed by atoms with Gasteiger partial charge in [-0.2, -0.15) is 0 Å². The number of aliphatic hydroxyl groups is 2. The lowest BCUT2D eigenvalue weighted by Crippen LogP contribution is -2.30. The molecule has 1 aliphatic rings. The number of hydrogen-bond donors (Lipinski definition) is 3. The number of pyridine rings is 1. The maximum atomic E-state index is 13.6. The van der Waals surface area contributed by atoms with Gasteiger partial charge in [-0.05, 0) is 6.07 Å². The first-order valence-corrected chi connectivity index (χ1v) is 4.90. The lowest BCUT2D eigenvalue weighted by atomic mass is 10.0.